The predicted octanol–water partition coefficient (Wildman–Crippen LogP) is 3.27. The number of ether oxygens (including phenoxy) is 1. The topological polar surface area (TPSA) is 41.6 Å². The quantitative estimate of drug-likeness (QED) is 0.732. The molecule has 0 aromatic heterocycles. The molecule has 1 heterocycles. The van der Waals surface area contributed by atoms with Crippen molar-refractivity contribution in [3.8, 4) is 0 Å². The van der Waals surface area contributed by atoms with Gasteiger partial charge in [0.1, 0.15) is 6.10 Å². The number of allylic oxidation sites excluding steroid dienone is 1. The van der Waals surface area contributed by atoms with E-state index in [1.54, 1.807) is 0 Å². The molecular weight excluding hydrogens is 288 g/mol. The number of nitrogens with zero attached hydrogens (tertiary/aromatic N) is 1. The van der Waals surface area contributed by atoms with Gasteiger partial charge in [0.25, 0.3) is 0 Å². The van der Waals surface area contributed by atoms with Gasteiger partial charge in [-0.1, -0.05) is 31.4 Å². The van der Waals surface area contributed by atoms with Gasteiger partial charge in [-0.15, -0.1) is 0 Å². The lowest BCUT2D eigenvalue weighted by Gasteiger charge is -2.32. The summed E-state index contributed by atoms with van der Waals surface area (Å²) in [5.74, 6) is 0.0992. The summed E-state index contributed by atoms with van der Waals surface area (Å²) < 4.78 is 6.02. The van der Waals surface area contributed by atoms with Crippen molar-refractivity contribution in [3.63, 3.8) is 0 Å². The van der Waals surface area contributed by atoms with E-state index < -0.39 is 0 Å². The molecule has 2 aliphatic rings. The van der Waals surface area contributed by atoms with E-state index in [-0.39, 0.29) is 12.0 Å². The second-order valence-electron chi connectivity index (χ2n) is 7.30. The van der Waals surface area contributed by atoms with Crippen molar-refractivity contribution in [3.05, 3.63) is 11.6 Å². The lowest BCUT2D eigenvalue weighted by atomic mass is 10.0. The molecule has 1 saturated heterocycles. The fraction of sp³-hybridized carbons (Fsp3) is 0.842. The maximum atomic E-state index is 12.5. The van der Waals surface area contributed by atoms with E-state index in [4.69, 9.17) is 4.74 Å². The molecule has 1 aliphatic heterocycles. The van der Waals surface area contributed by atoms with Crippen LogP contribution in [0.25, 0.3) is 0 Å². The van der Waals surface area contributed by atoms with Crippen LogP contribution in [0.3, 0.4) is 0 Å². The summed E-state index contributed by atoms with van der Waals surface area (Å²) in [4.78, 5) is 14.9. The highest BCUT2D eigenvalue weighted by molar-refractivity contribution is 5.81. The maximum Gasteiger partial charge on any atom is 0.249 e. The Labute approximate surface area is 141 Å². The number of piperidine rings is 1. The average molecular weight is 322 g/mol. The molecule has 4 heteroatoms. The molecule has 1 aliphatic carbocycles. The highest BCUT2D eigenvalue weighted by Gasteiger charge is 2.27. The van der Waals surface area contributed by atoms with E-state index in [9.17, 15) is 4.79 Å². The summed E-state index contributed by atoms with van der Waals surface area (Å²) in [7, 11) is 0. The molecule has 1 N–H and O–H groups in total. The van der Waals surface area contributed by atoms with Gasteiger partial charge >= 0.3 is 0 Å². The Morgan fingerprint density at radius 3 is 2.43 bits per heavy atom. The minimum atomic E-state index is -0.262. The Bertz CT molecular complexity index is 390. The van der Waals surface area contributed by atoms with E-state index in [1.807, 2.05) is 6.92 Å². The Morgan fingerprint density at radius 1 is 1.22 bits per heavy atom. The van der Waals surface area contributed by atoms with Crippen molar-refractivity contribution in [1.29, 1.82) is 0 Å². The Kier molecular flexibility index (Phi) is 7.57. The third kappa shape index (κ3) is 6.27. The average Bonchev–Trinajstić information content (AvgIpc) is 3.05. The second-order valence-corrected chi connectivity index (χ2v) is 7.30. The predicted molar refractivity (Wildman–Crippen MR) is 94.5 cm³/mol. The summed E-state index contributed by atoms with van der Waals surface area (Å²) in [6.45, 7) is 9.49. The number of carbonyl (C=O) groups is 1. The minimum Gasteiger partial charge on any atom is -0.365 e. The first-order valence-electron chi connectivity index (χ1n) is 9.40. The van der Waals surface area contributed by atoms with Crippen LogP contribution in [0.15, 0.2) is 11.6 Å². The van der Waals surface area contributed by atoms with Gasteiger partial charge in [-0.25, -0.2) is 0 Å². The highest BCUT2D eigenvalue weighted by Crippen LogP contribution is 2.23. The second kappa shape index (κ2) is 9.43. The molecule has 1 atom stereocenters. The molecule has 2 fully saturated rings. The monoisotopic (exact) mass is 322 g/mol. The molecular formula is C19H34N2O2. The summed E-state index contributed by atoms with van der Waals surface area (Å²) in [5, 5.41) is 3.22. The van der Waals surface area contributed by atoms with Crippen LogP contribution in [-0.4, -0.2) is 48.7 Å². The smallest absolute Gasteiger partial charge is 0.249 e. The maximum absolute atomic E-state index is 12.5. The number of rotatable bonds is 7. The zero-order valence-corrected chi connectivity index (χ0v) is 15.1. The van der Waals surface area contributed by atoms with Gasteiger partial charge in [-0.3, -0.25) is 9.69 Å². The fourth-order valence-corrected chi connectivity index (χ4v) is 3.47. The molecule has 0 aromatic carbocycles. The van der Waals surface area contributed by atoms with Crippen LogP contribution in [-0.2, 0) is 9.53 Å². The number of amides is 1. The summed E-state index contributed by atoms with van der Waals surface area (Å²) in [5.41, 5.74) is 1.37. The van der Waals surface area contributed by atoms with Gasteiger partial charge in [0.15, 0.2) is 0 Å². The van der Waals surface area contributed by atoms with Crippen molar-refractivity contribution < 1.29 is 9.53 Å². The van der Waals surface area contributed by atoms with Gasteiger partial charge in [-0.2, -0.15) is 0 Å². The zero-order chi connectivity index (χ0) is 16.7. The van der Waals surface area contributed by atoms with E-state index in [2.05, 4.69) is 30.1 Å². The van der Waals surface area contributed by atoms with Crippen LogP contribution >= 0.6 is 0 Å². The molecule has 1 saturated carbocycles. The van der Waals surface area contributed by atoms with Gasteiger partial charge < -0.3 is 10.1 Å². The van der Waals surface area contributed by atoms with Crippen LogP contribution < -0.4 is 5.32 Å². The number of hydrogen-bond donors (Lipinski definition) is 1. The fourth-order valence-electron chi connectivity index (χ4n) is 3.47. The molecule has 1 amide bonds. The van der Waals surface area contributed by atoms with Crippen LogP contribution in [0.5, 0.6) is 0 Å². The first-order valence-corrected chi connectivity index (χ1v) is 9.40. The van der Waals surface area contributed by atoms with Crippen LogP contribution in [0.2, 0.25) is 0 Å². The van der Waals surface area contributed by atoms with E-state index in [0.717, 1.165) is 51.7 Å². The van der Waals surface area contributed by atoms with E-state index in [1.165, 1.54) is 18.4 Å². The van der Waals surface area contributed by atoms with Crippen molar-refractivity contribution in [2.45, 2.75) is 84.0 Å². The SMILES string of the molecule is CC[C@@H](OC1CCCC1)C(=O)NC1CCN(CC=C(C)C)CC1. The number of nitrogens with one attached hydrogen (secondary N) is 1. The molecule has 0 bridgehead atoms. The van der Waals surface area contributed by atoms with E-state index >= 15 is 0 Å². The zero-order valence-electron chi connectivity index (χ0n) is 15.1. The van der Waals surface area contributed by atoms with Crippen molar-refractivity contribution in [2.75, 3.05) is 19.6 Å². The lowest BCUT2D eigenvalue weighted by Crippen LogP contribution is -2.48. The van der Waals surface area contributed by atoms with Crippen LogP contribution in [0, 0.1) is 0 Å². The Morgan fingerprint density at radius 2 is 1.87 bits per heavy atom. The molecule has 0 radical (unpaired) electrons. The molecule has 2 rings (SSSR count). The molecule has 0 unspecified atom stereocenters. The molecule has 0 spiro atoms. The molecule has 132 valence electrons. The standard InChI is InChI=1S/C19H34N2O2/c1-4-18(23-17-7-5-6-8-17)19(22)20-16-10-13-21(14-11-16)12-9-15(2)3/h9,16-18H,4-8,10-14H2,1-3H3,(H,20,22)/t18-/m1/s1. The summed E-state index contributed by atoms with van der Waals surface area (Å²) >= 11 is 0. The first kappa shape index (κ1) is 18.5. The Balaban J connectivity index is 1.71. The van der Waals surface area contributed by atoms with Crippen LogP contribution in [0.1, 0.15) is 65.7 Å². The Hall–Kier alpha value is -0.870. The van der Waals surface area contributed by atoms with Gasteiger partial charge in [-0.05, 0) is 46.0 Å². The number of hydrogen-bond acceptors (Lipinski definition) is 3. The third-order valence-electron chi connectivity index (χ3n) is 5.01. The number of likely N-dealkylation sites (tertiary alicyclic amines) is 1. The molecule has 0 aromatic rings. The van der Waals surface area contributed by atoms with Crippen molar-refractivity contribution in [1.82, 2.24) is 10.2 Å². The number of carbonyl (C=O) groups excluding carboxylic acids is 1. The highest BCUT2D eigenvalue weighted by atomic mass is 16.5. The van der Waals surface area contributed by atoms with Gasteiger partial charge in [0, 0.05) is 25.7 Å². The molecule has 4 nitrogen and oxygen atoms in total. The first-order chi connectivity index (χ1) is 11.1. The van der Waals surface area contributed by atoms with Gasteiger partial charge in [0.2, 0.25) is 5.91 Å². The summed E-state index contributed by atoms with van der Waals surface area (Å²) in [6.07, 6.45) is 9.89. The third-order valence-corrected chi connectivity index (χ3v) is 5.01. The minimum absolute atomic E-state index is 0.0992. The van der Waals surface area contributed by atoms with Gasteiger partial charge in [0.05, 0.1) is 6.10 Å². The normalized spacial score (nSPS) is 22.0. The van der Waals surface area contributed by atoms with Crippen molar-refractivity contribution >= 4 is 5.91 Å². The van der Waals surface area contributed by atoms with Crippen molar-refractivity contribution in [2.24, 2.45) is 0 Å². The largest absolute Gasteiger partial charge is 0.365 e. The molecule has 23 heavy (non-hydrogen) atoms. The van der Waals surface area contributed by atoms with Crippen LogP contribution in [0.4, 0.5) is 0 Å². The lowest BCUT2D eigenvalue weighted by molar-refractivity contribution is -0.137. The van der Waals surface area contributed by atoms with E-state index in [0.29, 0.717) is 12.1 Å². The summed E-state index contributed by atoms with van der Waals surface area (Å²) in [6, 6.07) is 0.312.